The first-order valence-corrected chi connectivity index (χ1v) is 4.58. The van der Waals surface area contributed by atoms with Crippen LogP contribution in [0, 0.1) is 0 Å². The van der Waals surface area contributed by atoms with E-state index in [-0.39, 0.29) is 0 Å². The van der Waals surface area contributed by atoms with Gasteiger partial charge in [-0.15, -0.1) is 0 Å². The second kappa shape index (κ2) is 3.38. The zero-order chi connectivity index (χ0) is 11.0. The van der Waals surface area contributed by atoms with Crippen LogP contribution in [0.2, 0.25) is 0 Å². The normalized spacial score (nSPS) is 13.9. The lowest BCUT2D eigenvalue weighted by Crippen LogP contribution is -2.22. The van der Waals surface area contributed by atoms with Gasteiger partial charge in [-0.3, -0.25) is 4.90 Å². The van der Waals surface area contributed by atoms with Gasteiger partial charge in [0, 0.05) is 25.9 Å². The van der Waals surface area contributed by atoms with Crippen LogP contribution in [0.25, 0.3) is 0 Å². The van der Waals surface area contributed by atoms with Crippen LogP contribution < -0.4 is 4.90 Å². The molecule has 6 nitrogen and oxygen atoms in total. The predicted molar refractivity (Wildman–Crippen MR) is 53.6 cm³/mol. The molecule has 0 aromatic carbocycles. The number of fused-ring (bicyclic) bond motifs is 1. The maximum Gasteiger partial charge on any atom is 0.407 e. The summed E-state index contributed by atoms with van der Waals surface area (Å²) >= 11 is 0. The number of amides is 1. The van der Waals surface area contributed by atoms with Crippen molar-refractivity contribution in [2.24, 2.45) is 0 Å². The summed E-state index contributed by atoms with van der Waals surface area (Å²) in [4.78, 5) is 22.3. The monoisotopic (exact) mass is 208 g/mol. The molecule has 1 aliphatic rings. The Balaban J connectivity index is 2.27. The number of aromatic nitrogens is 2. The summed E-state index contributed by atoms with van der Waals surface area (Å²) in [7, 11) is 3.71. The molecule has 2 heterocycles. The topological polar surface area (TPSA) is 69.6 Å². The van der Waals surface area contributed by atoms with Gasteiger partial charge in [-0.05, 0) is 0 Å². The van der Waals surface area contributed by atoms with E-state index < -0.39 is 6.09 Å². The first kappa shape index (κ1) is 9.70. The number of carbonyl (C=O) groups is 1. The molecule has 1 aromatic rings. The fraction of sp³-hybridized carbons (Fsp3) is 0.444. The fourth-order valence-electron chi connectivity index (χ4n) is 1.49. The Kier molecular flexibility index (Phi) is 2.18. The van der Waals surface area contributed by atoms with Crippen LogP contribution in [-0.4, -0.2) is 40.2 Å². The van der Waals surface area contributed by atoms with E-state index >= 15 is 0 Å². The first-order valence-electron chi connectivity index (χ1n) is 4.58. The molecule has 0 radical (unpaired) electrons. The van der Waals surface area contributed by atoms with Gasteiger partial charge in [0.05, 0.1) is 18.8 Å². The van der Waals surface area contributed by atoms with E-state index in [2.05, 4.69) is 9.97 Å². The first-order chi connectivity index (χ1) is 7.08. The third-order valence-electron chi connectivity index (χ3n) is 2.31. The average Bonchev–Trinajstić information content (AvgIpc) is 2.59. The molecule has 0 fully saturated rings. The summed E-state index contributed by atoms with van der Waals surface area (Å²) in [5.74, 6) is 0.612. The Morgan fingerprint density at radius 1 is 1.53 bits per heavy atom. The van der Waals surface area contributed by atoms with Gasteiger partial charge in [-0.2, -0.15) is 0 Å². The summed E-state index contributed by atoms with van der Waals surface area (Å²) in [6, 6.07) is 0. The zero-order valence-corrected chi connectivity index (χ0v) is 8.64. The maximum absolute atomic E-state index is 10.8. The predicted octanol–water partition coefficient (Wildman–Crippen LogP) is 0.536. The Labute approximate surface area is 87.2 Å². The van der Waals surface area contributed by atoms with Crippen LogP contribution >= 0.6 is 0 Å². The van der Waals surface area contributed by atoms with Crippen LogP contribution in [0.15, 0.2) is 6.20 Å². The van der Waals surface area contributed by atoms with Gasteiger partial charge in [0.2, 0.25) is 5.95 Å². The fourth-order valence-corrected chi connectivity index (χ4v) is 1.49. The summed E-state index contributed by atoms with van der Waals surface area (Å²) in [5.41, 5.74) is 1.69. The van der Waals surface area contributed by atoms with E-state index in [4.69, 9.17) is 5.11 Å². The van der Waals surface area contributed by atoms with Gasteiger partial charge in [0.1, 0.15) is 0 Å². The SMILES string of the molecule is CN(C)c1ncc2c(n1)CN(C(=O)O)C2. The summed E-state index contributed by atoms with van der Waals surface area (Å²) in [5, 5.41) is 8.83. The number of rotatable bonds is 1. The Bertz CT molecular complexity index is 405. The highest BCUT2D eigenvalue weighted by Gasteiger charge is 2.24. The lowest BCUT2D eigenvalue weighted by Gasteiger charge is -2.10. The molecule has 0 unspecified atom stereocenters. The summed E-state index contributed by atoms with van der Waals surface area (Å²) in [6.07, 6.45) is 0.778. The highest BCUT2D eigenvalue weighted by molar-refractivity contribution is 5.66. The summed E-state index contributed by atoms with van der Waals surface area (Å²) < 4.78 is 0. The zero-order valence-electron chi connectivity index (χ0n) is 8.64. The average molecular weight is 208 g/mol. The molecule has 0 saturated carbocycles. The minimum Gasteiger partial charge on any atom is -0.465 e. The molecule has 1 aliphatic heterocycles. The minimum atomic E-state index is -0.917. The van der Waals surface area contributed by atoms with Crippen molar-refractivity contribution in [1.29, 1.82) is 0 Å². The largest absolute Gasteiger partial charge is 0.465 e. The van der Waals surface area contributed by atoms with E-state index in [0.717, 1.165) is 11.3 Å². The number of nitrogens with zero attached hydrogens (tertiary/aromatic N) is 4. The molecule has 2 rings (SSSR count). The molecule has 0 aliphatic carbocycles. The van der Waals surface area contributed by atoms with E-state index in [9.17, 15) is 4.79 Å². The van der Waals surface area contributed by atoms with Crippen LogP contribution in [-0.2, 0) is 13.1 Å². The standard InChI is InChI=1S/C9H12N4O2/c1-12(2)8-10-3-6-4-13(9(14)15)5-7(6)11-8/h3H,4-5H2,1-2H3,(H,14,15). The maximum atomic E-state index is 10.8. The van der Waals surface area contributed by atoms with Crippen LogP contribution in [0.4, 0.5) is 10.7 Å². The molecule has 0 bridgehead atoms. The molecule has 0 spiro atoms. The van der Waals surface area contributed by atoms with E-state index in [1.165, 1.54) is 4.90 Å². The Morgan fingerprint density at radius 3 is 2.87 bits per heavy atom. The van der Waals surface area contributed by atoms with Crippen LogP contribution in [0.3, 0.4) is 0 Å². The molecule has 15 heavy (non-hydrogen) atoms. The Morgan fingerprint density at radius 2 is 2.27 bits per heavy atom. The van der Waals surface area contributed by atoms with Crippen LogP contribution in [0.1, 0.15) is 11.3 Å². The van der Waals surface area contributed by atoms with Crippen molar-refractivity contribution in [3.05, 3.63) is 17.5 Å². The molecule has 1 aromatic heterocycles. The number of hydrogen-bond donors (Lipinski definition) is 1. The third kappa shape index (κ3) is 1.70. The second-order valence-corrected chi connectivity index (χ2v) is 3.67. The molecular formula is C9H12N4O2. The number of carboxylic acid groups (broad SMARTS) is 1. The van der Waals surface area contributed by atoms with Gasteiger partial charge in [0.15, 0.2) is 0 Å². The third-order valence-corrected chi connectivity index (χ3v) is 2.31. The molecule has 0 atom stereocenters. The van der Waals surface area contributed by atoms with Gasteiger partial charge in [0.25, 0.3) is 0 Å². The van der Waals surface area contributed by atoms with Gasteiger partial charge < -0.3 is 10.0 Å². The lowest BCUT2D eigenvalue weighted by molar-refractivity contribution is 0.145. The summed E-state index contributed by atoms with van der Waals surface area (Å²) in [6.45, 7) is 0.742. The van der Waals surface area contributed by atoms with Gasteiger partial charge in [-0.1, -0.05) is 0 Å². The van der Waals surface area contributed by atoms with E-state index in [1.54, 1.807) is 11.1 Å². The highest BCUT2D eigenvalue weighted by Crippen LogP contribution is 2.21. The number of anilines is 1. The Hall–Kier alpha value is -1.85. The lowest BCUT2D eigenvalue weighted by atomic mass is 10.3. The second-order valence-electron chi connectivity index (χ2n) is 3.67. The number of hydrogen-bond acceptors (Lipinski definition) is 4. The molecular weight excluding hydrogens is 196 g/mol. The minimum absolute atomic E-state index is 0.355. The van der Waals surface area contributed by atoms with Crippen molar-refractivity contribution in [2.75, 3.05) is 19.0 Å². The van der Waals surface area contributed by atoms with Crippen molar-refractivity contribution < 1.29 is 9.90 Å². The molecule has 1 N–H and O–H groups in total. The molecule has 1 amide bonds. The molecule has 80 valence electrons. The van der Waals surface area contributed by atoms with E-state index in [1.807, 2.05) is 14.1 Å². The van der Waals surface area contributed by atoms with Gasteiger partial charge >= 0.3 is 6.09 Å². The quantitative estimate of drug-likeness (QED) is 0.729. The molecule has 6 heteroatoms. The van der Waals surface area contributed by atoms with Crippen molar-refractivity contribution in [3.63, 3.8) is 0 Å². The van der Waals surface area contributed by atoms with Crippen molar-refractivity contribution in [3.8, 4) is 0 Å². The van der Waals surface area contributed by atoms with Crippen molar-refractivity contribution in [1.82, 2.24) is 14.9 Å². The highest BCUT2D eigenvalue weighted by atomic mass is 16.4. The van der Waals surface area contributed by atoms with Crippen LogP contribution in [0.5, 0.6) is 0 Å². The molecule has 0 saturated heterocycles. The van der Waals surface area contributed by atoms with Crippen molar-refractivity contribution >= 4 is 12.0 Å². The smallest absolute Gasteiger partial charge is 0.407 e. The van der Waals surface area contributed by atoms with E-state index in [0.29, 0.717) is 19.0 Å². The van der Waals surface area contributed by atoms with Crippen molar-refractivity contribution in [2.45, 2.75) is 13.1 Å². The van der Waals surface area contributed by atoms with Gasteiger partial charge in [-0.25, -0.2) is 14.8 Å².